The number of carbonyl (C=O) groups is 1. The molecule has 0 amide bonds. The van der Waals surface area contributed by atoms with Gasteiger partial charge in [-0.05, 0) is 54.4 Å². The monoisotopic (exact) mass is 444 g/mol. The number of aromatic nitrogens is 4. The molecule has 0 aliphatic rings. The van der Waals surface area contributed by atoms with E-state index in [2.05, 4.69) is 33.6 Å². The number of aromatic amines is 1. The van der Waals surface area contributed by atoms with Gasteiger partial charge in [0.25, 0.3) is 0 Å². The molecule has 0 aliphatic carbocycles. The summed E-state index contributed by atoms with van der Waals surface area (Å²) >= 11 is 0. The fourth-order valence-corrected chi connectivity index (χ4v) is 4.35. The number of pyridine rings is 1. The van der Waals surface area contributed by atoms with Crippen molar-refractivity contribution < 1.29 is 19.0 Å². The summed E-state index contributed by atoms with van der Waals surface area (Å²) in [7, 11) is 1.47. The molecule has 0 atom stereocenters. The Morgan fingerprint density at radius 1 is 1.15 bits per heavy atom. The van der Waals surface area contributed by atoms with Gasteiger partial charge in [0.1, 0.15) is 5.82 Å². The standard InChI is InChI=1S/C25H21FN4O3/c1-13(2)23-22(17-8-9-19(25(31)32)28-24(17)33-3)18-11-20-14(12-27-29-20)10-21(18)30(23)16-6-4-15(26)5-7-16/h4-13H,1-3H3,(H,27,29)(H,31,32). The van der Waals surface area contributed by atoms with E-state index in [0.717, 1.165) is 38.8 Å². The molecule has 0 saturated heterocycles. The second-order valence-corrected chi connectivity index (χ2v) is 8.11. The number of benzene rings is 2. The molecule has 7 nitrogen and oxygen atoms in total. The van der Waals surface area contributed by atoms with Crippen LogP contribution in [0, 0.1) is 5.82 Å². The first-order valence-corrected chi connectivity index (χ1v) is 10.4. The average Bonchev–Trinajstić information content (AvgIpc) is 3.39. The fraction of sp³-hybridized carbons (Fsp3) is 0.160. The molecule has 5 rings (SSSR count). The van der Waals surface area contributed by atoms with Gasteiger partial charge in [0.15, 0.2) is 5.69 Å². The SMILES string of the molecule is COc1nc(C(=O)O)ccc1-c1c(C(C)C)n(-c2ccc(F)cc2)c2cc3cn[nH]c3cc12. The van der Waals surface area contributed by atoms with Gasteiger partial charge in [0.05, 0.1) is 24.3 Å². The summed E-state index contributed by atoms with van der Waals surface area (Å²) in [6.45, 7) is 4.16. The van der Waals surface area contributed by atoms with Crippen LogP contribution in [-0.2, 0) is 0 Å². The summed E-state index contributed by atoms with van der Waals surface area (Å²) < 4.78 is 21.3. The molecule has 0 radical (unpaired) electrons. The predicted molar refractivity (Wildman–Crippen MR) is 124 cm³/mol. The Balaban J connectivity index is 1.94. The lowest BCUT2D eigenvalue weighted by Crippen LogP contribution is -2.05. The largest absolute Gasteiger partial charge is 0.481 e. The van der Waals surface area contributed by atoms with Crippen LogP contribution < -0.4 is 4.74 Å². The summed E-state index contributed by atoms with van der Waals surface area (Å²) in [4.78, 5) is 15.7. The number of H-pyrrole nitrogens is 1. The smallest absolute Gasteiger partial charge is 0.354 e. The van der Waals surface area contributed by atoms with Crippen LogP contribution in [0.25, 0.3) is 38.6 Å². The molecule has 0 fully saturated rings. The van der Waals surface area contributed by atoms with Gasteiger partial charge in [-0.25, -0.2) is 14.2 Å². The topological polar surface area (TPSA) is 93.0 Å². The maximum absolute atomic E-state index is 13.7. The van der Waals surface area contributed by atoms with E-state index in [-0.39, 0.29) is 23.3 Å². The number of hydrogen-bond donors (Lipinski definition) is 2. The van der Waals surface area contributed by atoms with Crippen LogP contribution in [-0.4, -0.2) is 37.9 Å². The maximum atomic E-state index is 13.7. The molecular weight excluding hydrogens is 423 g/mol. The molecule has 2 N–H and O–H groups in total. The van der Waals surface area contributed by atoms with Crippen molar-refractivity contribution in [3.05, 3.63) is 71.9 Å². The number of halogens is 1. The van der Waals surface area contributed by atoms with Gasteiger partial charge in [-0.3, -0.25) is 5.10 Å². The predicted octanol–water partition coefficient (Wildman–Crippen LogP) is 5.54. The van der Waals surface area contributed by atoms with Crippen LogP contribution >= 0.6 is 0 Å². The molecule has 33 heavy (non-hydrogen) atoms. The highest BCUT2D eigenvalue weighted by atomic mass is 19.1. The summed E-state index contributed by atoms with van der Waals surface area (Å²) in [5.74, 6) is -1.15. The number of hydrogen-bond acceptors (Lipinski definition) is 4. The first-order chi connectivity index (χ1) is 15.9. The van der Waals surface area contributed by atoms with Gasteiger partial charge in [-0.2, -0.15) is 5.10 Å². The summed E-state index contributed by atoms with van der Waals surface area (Å²) in [6, 6.07) is 13.6. The number of nitrogens with one attached hydrogen (secondary N) is 1. The minimum Gasteiger partial charge on any atom is -0.481 e. The van der Waals surface area contributed by atoms with E-state index < -0.39 is 5.97 Å². The van der Waals surface area contributed by atoms with E-state index >= 15 is 0 Å². The number of rotatable bonds is 5. The number of ether oxygens (including phenoxy) is 1. The molecule has 5 aromatic rings. The molecule has 8 heteroatoms. The van der Waals surface area contributed by atoms with E-state index in [4.69, 9.17) is 4.74 Å². The lowest BCUT2D eigenvalue weighted by molar-refractivity contribution is 0.0689. The summed E-state index contributed by atoms with van der Waals surface area (Å²) in [5.41, 5.74) is 5.02. The van der Waals surface area contributed by atoms with E-state index in [0.29, 0.717) is 5.56 Å². The molecule has 3 aromatic heterocycles. The van der Waals surface area contributed by atoms with Crippen LogP contribution in [0.3, 0.4) is 0 Å². The van der Waals surface area contributed by atoms with Gasteiger partial charge in [-0.15, -0.1) is 0 Å². The molecule has 2 aromatic carbocycles. The molecule has 0 unspecified atom stereocenters. The quantitative estimate of drug-likeness (QED) is 0.371. The molecule has 0 saturated carbocycles. The lowest BCUT2D eigenvalue weighted by atomic mass is 9.97. The zero-order valence-corrected chi connectivity index (χ0v) is 18.3. The summed E-state index contributed by atoms with van der Waals surface area (Å²) in [5, 5.41) is 18.4. The Hall–Kier alpha value is -4.20. The highest BCUT2D eigenvalue weighted by Gasteiger charge is 2.26. The van der Waals surface area contributed by atoms with Crippen molar-refractivity contribution in [2.75, 3.05) is 7.11 Å². The van der Waals surface area contributed by atoms with Crippen molar-refractivity contribution in [1.29, 1.82) is 0 Å². The number of carboxylic acid groups (broad SMARTS) is 1. The average molecular weight is 444 g/mol. The van der Waals surface area contributed by atoms with E-state index in [9.17, 15) is 14.3 Å². The van der Waals surface area contributed by atoms with Crippen molar-refractivity contribution in [3.8, 4) is 22.7 Å². The highest BCUT2D eigenvalue weighted by Crippen LogP contribution is 2.44. The maximum Gasteiger partial charge on any atom is 0.354 e. The van der Waals surface area contributed by atoms with Gasteiger partial charge < -0.3 is 14.4 Å². The molecule has 0 bridgehead atoms. The lowest BCUT2D eigenvalue weighted by Gasteiger charge is -2.17. The third-order valence-electron chi connectivity index (χ3n) is 5.74. The first-order valence-electron chi connectivity index (χ1n) is 10.4. The fourth-order valence-electron chi connectivity index (χ4n) is 4.35. The number of carboxylic acids is 1. The Kier molecular flexibility index (Phi) is 4.85. The second kappa shape index (κ2) is 7.74. The van der Waals surface area contributed by atoms with Gasteiger partial charge in [0, 0.05) is 33.3 Å². The Labute approximate surface area is 188 Å². The molecule has 0 spiro atoms. The van der Waals surface area contributed by atoms with Crippen LogP contribution in [0.1, 0.15) is 35.9 Å². The number of methoxy groups -OCH3 is 1. The first kappa shape index (κ1) is 20.7. The van der Waals surface area contributed by atoms with Crippen LogP contribution in [0.2, 0.25) is 0 Å². The van der Waals surface area contributed by atoms with Crippen molar-refractivity contribution in [2.45, 2.75) is 19.8 Å². The third kappa shape index (κ3) is 3.31. The number of nitrogens with zero attached hydrogens (tertiary/aromatic N) is 3. The highest BCUT2D eigenvalue weighted by molar-refractivity contribution is 6.06. The van der Waals surface area contributed by atoms with Crippen LogP contribution in [0.4, 0.5) is 4.39 Å². The number of fused-ring (bicyclic) bond motifs is 2. The van der Waals surface area contributed by atoms with Gasteiger partial charge >= 0.3 is 5.97 Å². The second-order valence-electron chi connectivity index (χ2n) is 8.11. The Morgan fingerprint density at radius 2 is 1.91 bits per heavy atom. The van der Waals surface area contributed by atoms with Crippen LogP contribution in [0.15, 0.2) is 54.7 Å². The minimum atomic E-state index is -1.13. The Bertz CT molecular complexity index is 1520. The van der Waals surface area contributed by atoms with E-state index in [1.807, 2.05) is 12.1 Å². The molecule has 0 aliphatic heterocycles. The third-order valence-corrected chi connectivity index (χ3v) is 5.74. The minimum absolute atomic E-state index is 0.0674. The summed E-state index contributed by atoms with van der Waals surface area (Å²) in [6.07, 6.45) is 1.76. The molecule has 166 valence electrons. The zero-order chi connectivity index (χ0) is 23.3. The van der Waals surface area contributed by atoms with E-state index in [1.54, 1.807) is 24.4 Å². The zero-order valence-electron chi connectivity index (χ0n) is 18.3. The van der Waals surface area contributed by atoms with E-state index in [1.165, 1.54) is 25.3 Å². The van der Waals surface area contributed by atoms with Crippen molar-refractivity contribution in [3.63, 3.8) is 0 Å². The molecule has 3 heterocycles. The number of aromatic carboxylic acids is 1. The Morgan fingerprint density at radius 3 is 2.58 bits per heavy atom. The van der Waals surface area contributed by atoms with Crippen molar-refractivity contribution >= 4 is 27.8 Å². The molecular formula is C25H21FN4O3. The van der Waals surface area contributed by atoms with Crippen LogP contribution in [0.5, 0.6) is 5.88 Å². The van der Waals surface area contributed by atoms with Crippen molar-refractivity contribution in [1.82, 2.24) is 19.7 Å². The van der Waals surface area contributed by atoms with Gasteiger partial charge in [-0.1, -0.05) is 13.8 Å². The van der Waals surface area contributed by atoms with Gasteiger partial charge in [0.2, 0.25) is 5.88 Å². The normalized spacial score (nSPS) is 11.5. The van der Waals surface area contributed by atoms with Crippen molar-refractivity contribution in [2.24, 2.45) is 0 Å².